The summed E-state index contributed by atoms with van der Waals surface area (Å²) in [5, 5.41) is 3.87. The third kappa shape index (κ3) is 2.10. The first-order valence-corrected chi connectivity index (χ1v) is 6.60. The third-order valence-corrected chi connectivity index (χ3v) is 3.50. The predicted octanol–water partition coefficient (Wildman–Crippen LogP) is 4.74. The summed E-state index contributed by atoms with van der Waals surface area (Å²) in [7, 11) is 1.75. The zero-order valence-corrected chi connectivity index (χ0v) is 11.6. The minimum atomic E-state index is -0.333. The van der Waals surface area contributed by atoms with E-state index in [1.165, 1.54) is 12.1 Å². The normalized spacial score (nSPS) is 10.8. The van der Waals surface area contributed by atoms with E-state index in [9.17, 15) is 4.39 Å². The number of anilines is 1. The molecule has 2 nitrogen and oxygen atoms in total. The third-order valence-electron chi connectivity index (χ3n) is 3.20. The Morgan fingerprint density at radius 2 is 1.85 bits per heavy atom. The van der Waals surface area contributed by atoms with Crippen molar-refractivity contribution in [3.8, 4) is 11.3 Å². The molecule has 0 unspecified atom stereocenters. The monoisotopic (exact) mass is 286 g/mol. The molecule has 0 saturated heterocycles. The van der Waals surface area contributed by atoms with Crippen LogP contribution in [0.5, 0.6) is 0 Å². The molecular weight excluding hydrogens is 275 g/mol. The molecular formula is C16H12ClFN2. The Hall–Kier alpha value is -2.13. The van der Waals surface area contributed by atoms with Crippen LogP contribution in [-0.4, -0.2) is 12.0 Å². The SMILES string of the molecule is CNc1cc(-c2ccccc2)nc2c(Cl)ccc(F)c12. The second-order valence-corrected chi connectivity index (χ2v) is 4.83. The largest absolute Gasteiger partial charge is 0.387 e. The molecule has 1 heterocycles. The fraction of sp³-hybridized carbons (Fsp3) is 0.0625. The Morgan fingerprint density at radius 3 is 2.55 bits per heavy atom. The number of pyridine rings is 1. The lowest BCUT2D eigenvalue weighted by molar-refractivity contribution is 0.640. The first-order valence-electron chi connectivity index (χ1n) is 6.22. The number of rotatable bonds is 2. The van der Waals surface area contributed by atoms with Gasteiger partial charge in [-0.1, -0.05) is 41.9 Å². The van der Waals surface area contributed by atoms with E-state index in [-0.39, 0.29) is 5.82 Å². The summed E-state index contributed by atoms with van der Waals surface area (Å²) < 4.78 is 14.0. The van der Waals surface area contributed by atoms with Crippen LogP contribution in [0, 0.1) is 5.82 Å². The van der Waals surface area contributed by atoms with Gasteiger partial charge in [0.1, 0.15) is 5.82 Å². The summed E-state index contributed by atoms with van der Waals surface area (Å²) in [4.78, 5) is 4.50. The molecule has 4 heteroatoms. The van der Waals surface area contributed by atoms with E-state index >= 15 is 0 Å². The van der Waals surface area contributed by atoms with Crippen molar-refractivity contribution in [1.29, 1.82) is 0 Å². The molecule has 3 aromatic rings. The minimum Gasteiger partial charge on any atom is -0.387 e. The molecule has 3 rings (SSSR count). The molecule has 0 aliphatic rings. The molecule has 0 atom stereocenters. The van der Waals surface area contributed by atoms with Gasteiger partial charge in [0.05, 0.1) is 21.6 Å². The Balaban J connectivity index is 2.35. The number of halogens is 2. The van der Waals surface area contributed by atoms with Gasteiger partial charge >= 0.3 is 0 Å². The van der Waals surface area contributed by atoms with E-state index in [0.29, 0.717) is 21.6 Å². The summed E-state index contributed by atoms with van der Waals surface area (Å²) in [5.74, 6) is -0.333. The molecule has 1 aromatic heterocycles. The van der Waals surface area contributed by atoms with Crippen molar-refractivity contribution in [3.63, 3.8) is 0 Å². The fourth-order valence-corrected chi connectivity index (χ4v) is 2.42. The minimum absolute atomic E-state index is 0.333. The summed E-state index contributed by atoms with van der Waals surface area (Å²) in [5.41, 5.74) is 2.87. The average molecular weight is 287 g/mol. The van der Waals surface area contributed by atoms with Gasteiger partial charge in [-0.2, -0.15) is 0 Å². The highest BCUT2D eigenvalue weighted by Crippen LogP contribution is 2.33. The molecule has 0 fully saturated rings. The molecule has 0 saturated carbocycles. The Morgan fingerprint density at radius 1 is 1.10 bits per heavy atom. The number of aromatic nitrogens is 1. The lowest BCUT2D eigenvalue weighted by Crippen LogP contribution is -1.96. The van der Waals surface area contributed by atoms with Crippen LogP contribution in [-0.2, 0) is 0 Å². The highest BCUT2D eigenvalue weighted by atomic mass is 35.5. The molecule has 1 N–H and O–H groups in total. The van der Waals surface area contributed by atoms with Crippen molar-refractivity contribution >= 4 is 28.2 Å². The van der Waals surface area contributed by atoms with Gasteiger partial charge in [0.25, 0.3) is 0 Å². The van der Waals surface area contributed by atoms with E-state index < -0.39 is 0 Å². The van der Waals surface area contributed by atoms with Crippen LogP contribution in [0.15, 0.2) is 48.5 Å². The van der Waals surface area contributed by atoms with E-state index in [0.717, 1.165) is 11.3 Å². The highest BCUT2D eigenvalue weighted by Gasteiger charge is 2.13. The van der Waals surface area contributed by atoms with Gasteiger partial charge in [0.2, 0.25) is 0 Å². The van der Waals surface area contributed by atoms with Crippen LogP contribution in [0.2, 0.25) is 5.02 Å². The van der Waals surface area contributed by atoms with E-state index in [2.05, 4.69) is 10.3 Å². The van der Waals surface area contributed by atoms with Crippen molar-refractivity contribution < 1.29 is 4.39 Å². The van der Waals surface area contributed by atoms with Crippen molar-refractivity contribution in [3.05, 3.63) is 59.4 Å². The summed E-state index contributed by atoms with van der Waals surface area (Å²) >= 11 is 6.16. The molecule has 0 bridgehead atoms. The molecule has 0 spiro atoms. The number of hydrogen-bond donors (Lipinski definition) is 1. The Labute approximate surface area is 121 Å². The summed E-state index contributed by atoms with van der Waals surface area (Å²) in [6.07, 6.45) is 0. The smallest absolute Gasteiger partial charge is 0.134 e. The van der Waals surface area contributed by atoms with Crippen molar-refractivity contribution in [2.24, 2.45) is 0 Å². The average Bonchev–Trinajstić information content (AvgIpc) is 2.51. The Kier molecular flexibility index (Phi) is 3.28. The first-order chi connectivity index (χ1) is 9.70. The summed E-state index contributed by atoms with van der Waals surface area (Å²) in [6, 6.07) is 14.4. The zero-order valence-electron chi connectivity index (χ0n) is 10.8. The van der Waals surface area contributed by atoms with Crippen LogP contribution in [0.1, 0.15) is 0 Å². The van der Waals surface area contributed by atoms with Crippen LogP contribution in [0.4, 0.5) is 10.1 Å². The molecule has 0 amide bonds. The molecule has 0 aliphatic heterocycles. The summed E-state index contributed by atoms with van der Waals surface area (Å²) in [6.45, 7) is 0. The molecule has 100 valence electrons. The molecule has 0 radical (unpaired) electrons. The number of fused-ring (bicyclic) bond motifs is 1. The van der Waals surface area contributed by atoms with Crippen LogP contribution < -0.4 is 5.32 Å². The second-order valence-electron chi connectivity index (χ2n) is 4.42. The topological polar surface area (TPSA) is 24.9 Å². The van der Waals surface area contributed by atoms with Gasteiger partial charge in [-0.15, -0.1) is 0 Å². The standard InChI is InChI=1S/C16H12ClFN2/c1-19-14-9-13(10-5-3-2-4-6-10)20-16-11(17)7-8-12(18)15(14)16/h2-9H,1H3,(H,19,20). The molecule has 0 aliphatic carbocycles. The van der Waals surface area contributed by atoms with E-state index in [1.54, 1.807) is 7.05 Å². The highest BCUT2D eigenvalue weighted by molar-refractivity contribution is 6.35. The van der Waals surface area contributed by atoms with Gasteiger partial charge in [-0.3, -0.25) is 0 Å². The quantitative estimate of drug-likeness (QED) is 0.736. The first kappa shape index (κ1) is 12.9. The van der Waals surface area contributed by atoms with Gasteiger partial charge in [0.15, 0.2) is 0 Å². The molecule has 20 heavy (non-hydrogen) atoms. The lowest BCUT2D eigenvalue weighted by Gasteiger charge is -2.11. The van der Waals surface area contributed by atoms with E-state index in [4.69, 9.17) is 11.6 Å². The maximum Gasteiger partial charge on any atom is 0.134 e. The number of nitrogens with one attached hydrogen (secondary N) is 1. The van der Waals surface area contributed by atoms with Gasteiger partial charge in [-0.05, 0) is 18.2 Å². The van der Waals surface area contributed by atoms with Crippen LogP contribution in [0.3, 0.4) is 0 Å². The van der Waals surface area contributed by atoms with Crippen LogP contribution in [0.25, 0.3) is 22.2 Å². The second kappa shape index (κ2) is 5.10. The predicted molar refractivity (Wildman–Crippen MR) is 81.7 cm³/mol. The van der Waals surface area contributed by atoms with Crippen molar-refractivity contribution in [2.45, 2.75) is 0 Å². The van der Waals surface area contributed by atoms with Crippen LogP contribution >= 0.6 is 11.6 Å². The lowest BCUT2D eigenvalue weighted by atomic mass is 10.1. The van der Waals surface area contributed by atoms with Gasteiger partial charge in [0, 0.05) is 18.3 Å². The van der Waals surface area contributed by atoms with Gasteiger partial charge in [-0.25, -0.2) is 9.37 Å². The van der Waals surface area contributed by atoms with Crippen molar-refractivity contribution in [1.82, 2.24) is 4.98 Å². The van der Waals surface area contributed by atoms with E-state index in [1.807, 2.05) is 36.4 Å². The zero-order chi connectivity index (χ0) is 14.1. The van der Waals surface area contributed by atoms with Crippen molar-refractivity contribution in [2.75, 3.05) is 12.4 Å². The molecule has 2 aromatic carbocycles. The number of benzene rings is 2. The maximum atomic E-state index is 14.0. The number of nitrogens with zero attached hydrogens (tertiary/aromatic N) is 1. The fourth-order valence-electron chi connectivity index (χ4n) is 2.22. The Bertz CT molecular complexity index is 772. The maximum absolute atomic E-state index is 14.0. The number of hydrogen-bond acceptors (Lipinski definition) is 2. The van der Waals surface area contributed by atoms with Gasteiger partial charge < -0.3 is 5.32 Å².